The molecule has 0 saturated carbocycles. The first kappa shape index (κ1) is 14.8. The van der Waals surface area contributed by atoms with Crippen LogP contribution in [-0.2, 0) is 6.54 Å². The summed E-state index contributed by atoms with van der Waals surface area (Å²) >= 11 is 1.44. The molecule has 116 valence electrons. The minimum absolute atomic E-state index is 0.0343. The summed E-state index contributed by atoms with van der Waals surface area (Å²) in [6.07, 6.45) is 1.84. The zero-order valence-corrected chi connectivity index (χ0v) is 13.7. The van der Waals surface area contributed by atoms with Gasteiger partial charge in [-0.15, -0.1) is 11.3 Å². The lowest BCUT2D eigenvalue weighted by Crippen LogP contribution is -2.26. The Hall–Kier alpha value is -2.15. The molecule has 3 heterocycles. The van der Waals surface area contributed by atoms with Crippen molar-refractivity contribution < 1.29 is 4.79 Å². The molecule has 0 aliphatic carbocycles. The summed E-state index contributed by atoms with van der Waals surface area (Å²) < 4.78 is 3.89. The van der Waals surface area contributed by atoms with E-state index in [1.54, 1.807) is 0 Å². The van der Waals surface area contributed by atoms with Crippen molar-refractivity contribution in [1.29, 1.82) is 0 Å². The van der Waals surface area contributed by atoms with Crippen molar-refractivity contribution in [2.45, 2.75) is 33.4 Å². The highest BCUT2D eigenvalue weighted by molar-refractivity contribution is 7.12. The van der Waals surface area contributed by atoms with Crippen molar-refractivity contribution in [3.05, 3.63) is 34.3 Å². The summed E-state index contributed by atoms with van der Waals surface area (Å²) in [6, 6.07) is 4.00. The highest BCUT2D eigenvalue weighted by Gasteiger charge is 2.15. The lowest BCUT2D eigenvalue weighted by Gasteiger charge is -2.05. The van der Waals surface area contributed by atoms with Crippen LogP contribution in [0.3, 0.4) is 0 Å². The maximum Gasteiger partial charge on any atom is 0.261 e. The Bertz CT molecular complexity index is 784. The number of aryl methyl sites for hydroxylation is 1. The average molecular weight is 317 g/mol. The van der Waals surface area contributed by atoms with Crippen molar-refractivity contribution in [3.63, 3.8) is 0 Å². The number of fused-ring (bicyclic) bond motifs is 1. The monoisotopic (exact) mass is 317 g/mol. The van der Waals surface area contributed by atoms with E-state index < -0.39 is 0 Å². The predicted molar refractivity (Wildman–Crippen MR) is 87.3 cm³/mol. The van der Waals surface area contributed by atoms with Crippen LogP contribution >= 0.6 is 11.3 Å². The van der Waals surface area contributed by atoms with Gasteiger partial charge in [0.2, 0.25) is 0 Å². The number of hydrogen-bond donors (Lipinski definition) is 1. The van der Waals surface area contributed by atoms with Crippen molar-refractivity contribution in [2.75, 3.05) is 6.54 Å². The normalized spacial score (nSPS) is 11.5. The second-order valence-corrected chi connectivity index (χ2v) is 6.41. The van der Waals surface area contributed by atoms with E-state index >= 15 is 0 Å². The van der Waals surface area contributed by atoms with E-state index in [-0.39, 0.29) is 5.91 Å². The topological polar surface area (TPSA) is 64.7 Å². The van der Waals surface area contributed by atoms with Gasteiger partial charge in [-0.25, -0.2) is 0 Å². The highest BCUT2D eigenvalue weighted by atomic mass is 32.1. The quantitative estimate of drug-likeness (QED) is 0.786. The average Bonchev–Trinajstić information content (AvgIpc) is 3.18. The minimum atomic E-state index is -0.0343. The molecule has 0 fully saturated rings. The smallest absolute Gasteiger partial charge is 0.261 e. The van der Waals surface area contributed by atoms with E-state index in [0.29, 0.717) is 19.1 Å². The van der Waals surface area contributed by atoms with Crippen LogP contribution in [0.25, 0.3) is 11.0 Å². The van der Waals surface area contributed by atoms with E-state index in [0.717, 1.165) is 21.6 Å². The largest absolute Gasteiger partial charge is 0.349 e. The molecule has 0 bridgehead atoms. The maximum absolute atomic E-state index is 11.9. The molecule has 3 aromatic rings. The molecule has 1 amide bonds. The number of amides is 1. The summed E-state index contributed by atoms with van der Waals surface area (Å²) in [5.74, 6) is -0.0343. The molecule has 7 heteroatoms. The van der Waals surface area contributed by atoms with Crippen LogP contribution < -0.4 is 5.32 Å². The van der Waals surface area contributed by atoms with Crippen molar-refractivity contribution >= 4 is 28.3 Å². The number of hydrogen-bond acceptors (Lipinski definition) is 4. The number of thiophene rings is 1. The van der Waals surface area contributed by atoms with Gasteiger partial charge in [-0.2, -0.15) is 10.2 Å². The molecule has 22 heavy (non-hydrogen) atoms. The second kappa shape index (κ2) is 5.92. The van der Waals surface area contributed by atoms with Gasteiger partial charge in [0.25, 0.3) is 5.91 Å². The number of aromatic nitrogens is 4. The lowest BCUT2D eigenvalue weighted by atomic mass is 10.3. The van der Waals surface area contributed by atoms with Gasteiger partial charge in [0, 0.05) is 12.6 Å². The Balaban J connectivity index is 1.71. The third-order valence-corrected chi connectivity index (χ3v) is 4.38. The molecule has 0 unspecified atom stereocenters. The molecule has 0 radical (unpaired) electrons. The maximum atomic E-state index is 11.9. The van der Waals surface area contributed by atoms with Crippen LogP contribution in [0.5, 0.6) is 0 Å². The van der Waals surface area contributed by atoms with Gasteiger partial charge in [0.15, 0.2) is 0 Å². The minimum Gasteiger partial charge on any atom is -0.349 e. The fourth-order valence-corrected chi connectivity index (χ4v) is 3.15. The molecule has 0 saturated heterocycles. The summed E-state index contributed by atoms with van der Waals surface area (Å²) in [6.45, 7) is 7.36. The van der Waals surface area contributed by atoms with Gasteiger partial charge in [-0.3, -0.25) is 14.2 Å². The lowest BCUT2D eigenvalue weighted by molar-refractivity contribution is 0.0956. The van der Waals surface area contributed by atoms with Crippen LogP contribution in [0.2, 0.25) is 0 Å². The molecule has 0 spiro atoms. The zero-order valence-electron chi connectivity index (χ0n) is 12.9. The van der Waals surface area contributed by atoms with Crippen LogP contribution in [-0.4, -0.2) is 32.0 Å². The van der Waals surface area contributed by atoms with Crippen LogP contribution in [0.1, 0.15) is 35.3 Å². The van der Waals surface area contributed by atoms with Gasteiger partial charge in [-0.05, 0) is 32.2 Å². The molecule has 6 nitrogen and oxygen atoms in total. The van der Waals surface area contributed by atoms with E-state index in [9.17, 15) is 4.79 Å². The molecular weight excluding hydrogens is 298 g/mol. The number of nitrogens with one attached hydrogen (secondary N) is 1. The molecule has 0 atom stereocenters. The van der Waals surface area contributed by atoms with Crippen molar-refractivity contribution in [2.24, 2.45) is 0 Å². The Kier molecular flexibility index (Phi) is 3.98. The summed E-state index contributed by atoms with van der Waals surface area (Å²) in [5, 5.41) is 13.8. The molecule has 0 aromatic carbocycles. The van der Waals surface area contributed by atoms with Gasteiger partial charge >= 0.3 is 0 Å². The van der Waals surface area contributed by atoms with Crippen LogP contribution in [0, 0.1) is 6.92 Å². The molecular formula is C15H19N5OS. The highest BCUT2D eigenvalue weighted by Crippen LogP contribution is 2.20. The van der Waals surface area contributed by atoms with Crippen molar-refractivity contribution in [3.8, 4) is 0 Å². The van der Waals surface area contributed by atoms with E-state index in [4.69, 9.17) is 0 Å². The molecule has 3 rings (SSSR count). The van der Waals surface area contributed by atoms with E-state index in [2.05, 4.69) is 29.4 Å². The zero-order chi connectivity index (χ0) is 15.7. The fourth-order valence-electron chi connectivity index (χ4n) is 2.51. The molecule has 1 N–H and O–H groups in total. The number of carbonyl (C=O) groups excluding carboxylic acids is 1. The Morgan fingerprint density at radius 2 is 2.27 bits per heavy atom. The fraction of sp³-hybridized carbons (Fsp3) is 0.400. The summed E-state index contributed by atoms with van der Waals surface area (Å²) in [4.78, 5) is 12.6. The van der Waals surface area contributed by atoms with Gasteiger partial charge in [0.1, 0.15) is 11.0 Å². The third-order valence-electron chi connectivity index (χ3n) is 3.51. The summed E-state index contributed by atoms with van der Waals surface area (Å²) in [7, 11) is 0. The second-order valence-electron chi connectivity index (χ2n) is 5.46. The van der Waals surface area contributed by atoms with Gasteiger partial charge in [-0.1, -0.05) is 6.07 Å². The first-order valence-corrected chi connectivity index (χ1v) is 8.18. The Labute approximate surface area is 132 Å². The first-order valence-electron chi connectivity index (χ1n) is 7.30. The predicted octanol–water partition coefficient (Wildman–Crippen LogP) is 2.61. The number of carbonyl (C=O) groups is 1. The third kappa shape index (κ3) is 2.64. The first-order chi connectivity index (χ1) is 10.6. The standard InChI is InChI=1S/C15H19N5OS/c1-10(2)20-12-9-17-19(14(12)11(3)18-20)7-6-16-15(21)13-5-4-8-22-13/h4-5,8-10H,6-7H2,1-3H3,(H,16,21). The molecule has 0 aliphatic heterocycles. The molecule has 0 aliphatic rings. The van der Waals surface area contributed by atoms with Crippen LogP contribution in [0.15, 0.2) is 23.7 Å². The number of rotatable bonds is 5. The molecule has 3 aromatic heterocycles. The van der Waals surface area contributed by atoms with Gasteiger partial charge < -0.3 is 5.32 Å². The number of nitrogens with zero attached hydrogens (tertiary/aromatic N) is 4. The SMILES string of the molecule is Cc1nn(C(C)C)c2cnn(CCNC(=O)c3cccs3)c12. The van der Waals surface area contributed by atoms with Crippen molar-refractivity contribution in [1.82, 2.24) is 24.9 Å². The van der Waals surface area contributed by atoms with Crippen LogP contribution in [0.4, 0.5) is 0 Å². The van der Waals surface area contributed by atoms with Gasteiger partial charge in [0.05, 0.1) is 23.3 Å². The Morgan fingerprint density at radius 3 is 2.95 bits per heavy atom. The van der Waals surface area contributed by atoms with E-state index in [1.807, 2.05) is 40.0 Å². The summed E-state index contributed by atoms with van der Waals surface area (Å²) in [5.41, 5.74) is 3.04. The Morgan fingerprint density at radius 1 is 1.45 bits per heavy atom. The van der Waals surface area contributed by atoms with E-state index in [1.165, 1.54) is 11.3 Å².